The first-order chi connectivity index (χ1) is 8.33. The van der Waals surface area contributed by atoms with Gasteiger partial charge < -0.3 is 16.2 Å². The monoisotopic (exact) mass is 241 g/mol. The maximum Gasteiger partial charge on any atom is 0.0730 e. The molecule has 2 fully saturated rings. The summed E-state index contributed by atoms with van der Waals surface area (Å²) in [5.74, 6) is 1.44. The van der Waals surface area contributed by atoms with Crippen LogP contribution in [0.15, 0.2) is 0 Å². The van der Waals surface area contributed by atoms with Crippen molar-refractivity contribution in [2.24, 2.45) is 23.3 Å². The number of ether oxygens (including phenoxy) is 1. The first-order valence-corrected chi connectivity index (χ1v) is 7.07. The van der Waals surface area contributed by atoms with E-state index in [0.717, 1.165) is 51.2 Å². The van der Waals surface area contributed by atoms with E-state index in [1.165, 1.54) is 25.7 Å². The van der Waals surface area contributed by atoms with Gasteiger partial charge in [-0.3, -0.25) is 4.90 Å². The number of hydrogen-bond donors (Lipinski definition) is 2. The van der Waals surface area contributed by atoms with E-state index in [1.807, 2.05) is 0 Å². The van der Waals surface area contributed by atoms with Crippen LogP contribution in [-0.4, -0.2) is 50.3 Å². The fourth-order valence-electron chi connectivity index (χ4n) is 3.29. The summed E-state index contributed by atoms with van der Waals surface area (Å²) in [4.78, 5) is 2.44. The second-order valence-corrected chi connectivity index (χ2v) is 5.53. The molecule has 1 saturated carbocycles. The van der Waals surface area contributed by atoms with Crippen LogP contribution in [0.3, 0.4) is 0 Å². The SMILES string of the molecule is NCCN1CCOC(C2CCCC(CN)C2)C1. The molecule has 17 heavy (non-hydrogen) atoms. The van der Waals surface area contributed by atoms with E-state index < -0.39 is 0 Å². The molecule has 0 aromatic carbocycles. The van der Waals surface area contributed by atoms with Gasteiger partial charge in [0.1, 0.15) is 0 Å². The lowest BCUT2D eigenvalue weighted by Gasteiger charge is -2.40. The molecule has 0 aromatic heterocycles. The Bertz CT molecular complexity index is 223. The zero-order valence-corrected chi connectivity index (χ0v) is 10.8. The van der Waals surface area contributed by atoms with Crippen LogP contribution >= 0.6 is 0 Å². The zero-order valence-electron chi connectivity index (χ0n) is 10.8. The third-order valence-corrected chi connectivity index (χ3v) is 4.31. The van der Waals surface area contributed by atoms with E-state index in [9.17, 15) is 0 Å². The molecule has 1 heterocycles. The fraction of sp³-hybridized carbons (Fsp3) is 1.00. The van der Waals surface area contributed by atoms with Gasteiger partial charge in [0.2, 0.25) is 0 Å². The minimum atomic E-state index is 0.421. The maximum absolute atomic E-state index is 5.96. The third-order valence-electron chi connectivity index (χ3n) is 4.31. The molecule has 3 atom stereocenters. The molecule has 0 bridgehead atoms. The van der Waals surface area contributed by atoms with Crippen molar-refractivity contribution in [1.29, 1.82) is 0 Å². The van der Waals surface area contributed by atoms with Gasteiger partial charge in [-0.1, -0.05) is 6.42 Å². The largest absolute Gasteiger partial charge is 0.375 e. The van der Waals surface area contributed by atoms with Crippen LogP contribution < -0.4 is 11.5 Å². The molecule has 1 saturated heterocycles. The Morgan fingerprint density at radius 3 is 2.88 bits per heavy atom. The van der Waals surface area contributed by atoms with Gasteiger partial charge in [-0.2, -0.15) is 0 Å². The molecular formula is C13H27N3O. The molecule has 100 valence electrons. The maximum atomic E-state index is 5.96. The first-order valence-electron chi connectivity index (χ1n) is 7.07. The average Bonchev–Trinajstić information content (AvgIpc) is 2.40. The number of hydrogen-bond acceptors (Lipinski definition) is 4. The van der Waals surface area contributed by atoms with Crippen molar-refractivity contribution >= 4 is 0 Å². The van der Waals surface area contributed by atoms with Gasteiger partial charge in [0.25, 0.3) is 0 Å². The van der Waals surface area contributed by atoms with E-state index in [2.05, 4.69) is 4.90 Å². The predicted molar refractivity (Wildman–Crippen MR) is 69.7 cm³/mol. The highest BCUT2D eigenvalue weighted by molar-refractivity contribution is 4.83. The smallest absolute Gasteiger partial charge is 0.0730 e. The molecule has 0 spiro atoms. The Hall–Kier alpha value is -0.160. The number of morpholine rings is 1. The number of nitrogens with zero attached hydrogens (tertiary/aromatic N) is 1. The van der Waals surface area contributed by atoms with E-state index in [-0.39, 0.29) is 0 Å². The van der Waals surface area contributed by atoms with Gasteiger partial charge in [0.05, 0.1) is 12.7 Å². The lowest BCUT2D eigenvalue weighted by atomic mass is 9.78. The van der Waals surface area contributed by atoms with E-state index in [0.29, 0.717) is 6.10 Å². The van der Waals surface area contributed by atoms with Crippen molar-refractivity contribution in [2.75, 3.05) is 39.3 Å². The molecule has 1 aliphatic heterocycles. The predicted octanol–water partition coefficient (Wildman–Crippen LogP) is 0.411. The van der Waals surface area contributed by atoms with E-state index in [4.69, 9.17) is 16.2 Å². The van der Waals surface area contributed by atoms with Crippen LogP contribution in [0.25, 0.3) is 0 Å². The van der Waals surface area contributed by atoms with Crippen LogP contribution in [0.2, 0.25) is 0 Å². The highest BCUT2D eigenvalue weighted by Crippen LogP contribution is 2.32. The summed E-state index contributed by atoms with van der Waals surface area (Å²) in [6, 6.07) is 0. The molecule has 4 nitrogen and oxygen atoms in total. The molecule has 2 aliphatic rings. The quantitative estimate of drug-likeness (QED) is 0.748. The molecule has 3 unspecified atom stereocenters. The van der Waals surface area contributed by atoms with Crippen LogP contribution in [0.4, 0.5) is 0 Å². The molecule has 0 radical (unpaired) electrons. The van der Waals surface area contributed by atoms with Gasteiger partial charge in [-0.15, -0.1) is 0 Å². The minimum absolute atomic E-state index is 0.421. The zero-order chi connectivity index (χ0) is 12.1. The van der Waals surface area contributed by atoms with Crippen molar-refractivity contribution in [2.45, 2.75) is 31.8 Å². The Labute approximate surface area is 105 Å². The van der Waals surface area contributed by atoms with Crippen molar-refractivity contribution in [3.63, 3.8) is 0 Å². The summed E-state index contributed by atoms with van der Waals surface area (Å²) in [7, 11) is 0. The summed E-state index contributed by atoms with van der Waals surface area (Å²) in [5.41, 5.74) is 11.4. The molecule has 2 rings (SSSR count). The summed E-state index contributed by atoms with van der Waals surface area (Å²) in [6.45, 7) is 5.58. The van der Waals surface area contributed by atoms with Crippen LogP contribution in [0.1, 0.15) is 25.7 Å². The Balaban J connectivity index is 1.83. The Morgan fingerprint density at radius 2 is 2.12 bits per heavy atom. The summed E-state index contributed by atoms with van der Waals surface area (Å²) in [6.07, 6.45) is 5.63. The Morgan fingerprint density at radius 1 is 1.24 bits per heavy atom. The third kappa shape index (κ3) is 3.65. The molecule has 0 aromatic rings. The number of nitrogens with two attached hydrogens (primary N) is 2. The van der Waals surface area contributed by atoms with Crippen LogP contribution in [0.5, 0.6) is 0 Å². The lowest BCUT2D eigenvalue weighted by Crippen LogP contribution is -2.48. The summed E-state index contributed by atoms with van der Waals surface area (Å²) < 4.78 is 5.96. The summed E-state index contributed by atoms with van der Waals surface area (Å²) in [5, 5.41) is 0. The van der Waals surface area contributed by atoms with Crippen molar-refractivity contribution < 1.29 is 4.74 Å². The standard InChI is InChI=1S/C13H27N3O/c14-4-5-16-6-7-17-13(10-16)12-3-1-2-11(8-12)9-15/h11-13H,1-10,14-15H2. The van der Waals surface area contributed by atoms with Gasteiger partial charge in [-0.25, -0.2) is 0 Å². The summed E-state index contributed by atoms with van der Waals surface area (Å²) >= 11 is 0. The average molecular weight is 241 g/mol. The minimum Gasteiger partial charge on any atom is -0.375 e. The second-order valence-electron chi connectivity index (χ2n) is 5.53. The fourth-order valence-corrected chi connectivity index (χ4v) is 3.29. The molecule has 4 N–H and O–H groups in total. The normalized spacial score (nSPS) is 36.0. The molecule has 0 amide bonds. The van der Waals surface area contributed by atoms with E-state index >= 15 is 0 Å². The van der Waals surface area contributed by atoms with Gasteiger partial charge in [0.15, 0.2) is 0 Å². The van der Waals surface area contributed by atoms with Crippen LogP contribution in [0, 0.1) is 11.8 Å². The molecular weight excluding hydrogens is 214 g/mol. The van der Waals surface area contributed by atoms with Gasteiger partial charge in [0, 0.05) is 26.2 Å². The highest BCUT2D eigenvalue weighted by Gasteiger charge is 2.31. The second kappa shape index (κ2) is 6.69. The van der Waals surface area contributed by atoms with Crippen LogP contribution in [-0.2, 0) is 4.74 Å². The highest BCUT2D eigenvalue weighted by atomic mass is 16.5. The van der Waals surface area contributed by atoms with Crippen molar-refractivity contribution in [3.05, 3.63) is 0 Å². The van der Waals surface area contributed by atoms with Crippen molar-refractivity contribution in [1.82, 2.24) is 4.90 Å². The van der Waals surface area contributed by atoms with Crippen molar-refractivity contribution in [3.8, 4) is 0 Å². The van der Waals surface area contributed by atoms with E-state index in [1.54, 1.807) is 0 Å². The topological polar surface area (TPSA) is 64.5 Å². The Kier molecular flexibility index (Phi) is 5.22. The number of rotatable bonds is 4. The van der Waals surface area contributed by atoms with Gasteiger partial charge >= 0.3 is 0 Å². The molecule has 4 heteroatoms. The molecule has 1 aliphatic carbocycles. The van der Waals surface area contributed by atoms with Gasteiger partial charge in [-0.05, 0) is 37.6 Å². The first kappa shape index (κ1) is 13.3. The lowest BCUT2D eigenvalue weighted by molar-refractivity contribution is -0.0678.